The number of hydrogen-bond donors (Lipinski definition) is 0. The largest absolute Gasteiger partial charge is 0.497 e. The molecule has 0 N–H and O–H groups in total. The van der Waals surface area contributed by atoms with Crippen molar-refractivity contribution in [1.29, 1.82) is 0 Å². The molecule has 34 heavy (non-hydrogen) atoms. The third-order valence-corrected chi connectivity index (χ3v) is 6.37. The number of benzene rings is 2. The van der Waals surface area contributed by atoms with Gasteiger partial charge in [-0.05, 0) is 44.2 Å². The van der Waals surface area contributed by atoms with Crippen LogP contribution in [0.5, 0.6) is 11.5 Å². The molecule has 7 nitrogen and oxygen atoms in total. The Morgan fingerprint density at radius 1 is 0.853 bits per heavy atom. The second-order valence-electron chi connectivity index (χ2n) is 8.55. The van der Waals surface area contributed by atoms with E-state index < -0.39 is 0 Å². The molecule has 2 heterocycles. The van der Waals surface area contributed by atoms with Crippen LogP contribution in [0.3, 0.4) is 0 Å². The van der Waals surface area contributed by atoms with E-state index in [0.29, 0.717) is 49.8 Å². The minimum Gasteiger partial charge on any atom is -0.497 e. The Labute approximate surface area is 200 Å². The summed E-state index contributed by atoms with van der Waals surface area (Å²) in [6.07, 6.45) is 0. The maximum atomic E-state index is 13.1. The number of carbonyl (C=O) groups excluding carboxylic acids is 2. The van der Waals surface area contributed by atoms with Gasteiger partial charge in [-0.25, -0.2) is 0 Å². The van der Waals surface area contributed by atoms with Gasteiger partial charge in [-0.2, -0.15) is 0 Å². The molecule has 4 rings (SSSR count). The van der Waals surface area contributed by atoms with Gasteiger partial charge in [0, 0.05) is 60.4 Å². The Bertz CT molecular complexity index is 1160. The van der Waals surface area contributed by atoms with Crippen LogP contribution in [0.1, 0.15) is 32.1 Å². The molecule has 0 aliphatic carbocycles. The average Bonchev–Trinajstić information content (AvgIpc) is 3.17. The molecule has 0 radical (unpaired) electrons. The summed E-state index contributed by atoms with van der Waals surface area (Å²) in [5.41, 5.74) is 4.33. The molecule has 7 heteroatoms. The third kappa shape index (κ3) is 4.84. The van der Waals surface area contributed by atoms with Crippen molar-refractivity contribution >= 4 is 11.7 Å². The number of ether oxygens (including phenoxy) is 2. The lowest BCUT2D eigenvalue weighted by molar-refractivity contribution is 0.0623. The van der Waals surface area contributed by atoms with Crippen LogP contribution in [0.15, 0.2) is 54.6 Å². The molecular weight excluding hydrogens is 430 g/mol. The summed E-state index contributed by atoms with van der Waals surface area (Å²) >= 11 is 0. The highest BCUT2D eigenvalue weighted by Crippen LogP contribution is 2.24. The number of methoxy groups -OCH3 is 2. The molecule has 0 unspecified atom stereocenters. The highest BCUT2D eigenvalue weighted by atomic mass is 16.5. The summed E-state index contributed by atoms with van der Waals surface area (Å²) in [6.45, 7) is 6.78. The van der Waals surface area contributed by atoms with Crippen LogP contribution >= 0.6 is 0 Å². The minimum atomic E-state index is -0.0606. The van der Waals surface area contributed by atoms with E-state index in [1.807, 2.05) is 55.1 Å². The zero-order valence-electron chi connectivity index (χ0n) is 20.2. The van der Waals surface area contributed by atoms with Gasteiger partial charge in [0.2, 0.25) is 0 Å². The Hall–Kier alpha value is -3.58. The van der Waals surface area contributed by atoms with Crippen LogP contribution < -0.4 is 9.47 Å². The zero-order valence-corrected chi connectivity index (χ0v) is 20.2. The van der Waals surface area contributed by atoms with Gasteiger partial charge in [0.25, 0.3) is 5.91 Å². The molecule has 1 aliphatic heterocycles. The monoisotopic (exact) mass is 461 g/mol. The Morgan fingerprint density at radius 3 is 2.06 bits per heavy atom. The van der Waals surface area contributed by atoms with Crippen molar-refractivity contribution in [2.45, 2.75) is 13.8 Å². The summed E-state index contributed by atoms with van der Waals surface area (Å²) in [5.74, 6) is 1.21. The zero-order chi connectivity index (χ0) is 24.2. The van der Waals surface area contributed by atoms with Crippen molar-refractivity contribution < 1.29 is 19.1 Å². The van der Waals surface area contributed by atoms with Crippen molar-refractivity contribution in [2.24, 2.45) is 0 Å². The standard InChI is InChI=1S/C27H31N3O4/c1-19-14-25(20(2)30(19)22-8-6-5-7-9-22)26(31)18-28-10-12-29(13-11-28)27(32)21-15-23(33-3)17-24(16-21)34-4/h5-9,14-17H,10-13,18H2,1-4H3. The number of ketones is 1. The molecule has 0 saturated carbocycles. The third-order valence-electron chi connectivity index (χ3n) is 6.37. The van der Waals surface area contributed by atoms with Gasteiger partial charge >= 0.3 is 0 Å². The van der Waals surface area contributed by atoms with E-state index in [4.69, 9.17) is 9.47 Å². The molecule has 0 bridgehead atoms. The van der Waals surface area contributed by atoms with Gasteiger partial charge in [-0.15, -0.1) is 0 Å². The summed E-state index contributed by atoms with van der Waals surface area (Å²) in [5, 5.41) is 0. The fourth-order valence-electron chi connectivity index (χ4n) is 4.53. The van der Waals surface area contributed by atoms with Crippen LogP contribution in [0.4, 0.5) is 0 Å². The highest BCUT2D eigenvalue weighted by Gasteiger charge is 2.25. The van der Waals surface area contributed by atoms with Gasteiger partial charge in [0.05, 0.1) is 20.8 Å². The molecule has 1 amide bonds. The van der Waals surface area contributed by atoms with Crippen molar-refractivity contribution in [3.63, 3.8) is 0 Å². The van der Waals surface area contributed by atoms with Crippen molar-refractivity contribution in [3.8, 4) is 17.2 Å². The molecular formula is C27H31N3O4. The Balaban J connectivity index is 1.39. The van der Waals surface area contributed by atoms with Crippen LogP contribution in [-0.2, 0) is 0 Å². The van der Waals surface area contributed by atoms with Crippen LogP contribution in [0.2, 0.25) is 0 Å². The molecule has 2 aromatic carbocycles. The average molecular weight is 462 g/mol. The van der Waals surface area contributed by atoms with E-state index in [2.05, 4.69) is 9.47 Å². The number of piperazine rings is 1. The first-order chi connectivity index (χ1) is 16.4. The van der Waals surface area contributed by atoms with Crippen LogP contribution in [0.25, 0.3) is 5.69 Å². The number of carbonyl (C=O) groups is 2. The van der Waals surface area contributed by atoms with Crippen LogP contribution in [0, 0.1) is 13.8 Å². The number of para-hydroxylation sites is 1. The molecule has 0 atom stereocenters. The number of aromatic nitrogens is 1. The van der Waals surface area contributed by atoms with Crippen molar-refractivity contribution in [3.05, 3.63) is 77.1 Å². The minimum absolute atomic E-state index is 0.0606. The Kier molecular flexibility index (Phi) is 7.03. The summed E-state index contributed by atoms with van der Waals surface area (Å²) in [4.78, 5) is 30.1. The topological polar surface area (TPSA) is 64.0 Å². The van der Waals surface area contributed by atoms with E-state index in [9.17, 15) is 9.59 Å². The number of amides is 1. The quantitative estimate of drug-likeness (QED) is 0.502. The van der Waals surface area contributed by atoms with E-state index in [1.54, 1.807) is 32.4 Å². The molecule has 1 aliphatic rings. The van der Waals surface area contributed by atoms with E-state index in [0.717, 1.165) is 22.6 Å². The van der Waals surface area contributed by atoms with Gasteiger partial charge in [-0.1, -0.05) is 18.2 Å². The summed E-state index contributed by atoms with van der Waals surface area (Å²) < 4.78 is 12.7. The maximum absolute atomic E-state index is 13.1. The molecule has 3 aromatic rings. The van der Waals surface area contributed by atoms with E-state index in [1.165, 1.54) is 0 Å². The summed E-state index contributed by atoms with van der Waals surface area (Å²) in [6, 6.07) is 17.2. The van der Waals surface area contributed by atoms with E-state index in [-0.39, 0.29) is 11.7 Å². The first kappa shape index (κ1) is 23.6. The molecule has 1 aromatic heterocycles. The van der Waals surface area contributed by atoms with Gasteiger partial charge in [0.15, 0.2) is 5.78 Å². The predicted molar refractivity (Wildman–Crippen MR) is 131 cm³/mol. The van der Waals surface area contributed by atoms with Crippen LogP contribution in [-0.4, -0.2) is 73.0 Å². The first-order valence-electron chi connectivity index (χ1n) is 11.4. The normalized spacial score (nSPS) is 14.2. The fraction of sp³-hybridized carbons (Fsp3) is 0.333. The molecule has 1 fully saturated rings. The molecule has 178 valence electrons. The second-order valence-corrected chi connectivity index (χ2v) is 8.55. The SMILES string of the molecule is COc1cc(OC)cc(C(=O)N2CCN(CC(=O)c3cc(C)n(-c4ccccc4)c3C)CC2)c1. The van der Waals surface area contributed by atoms with Crippen molar-refractivity contribution in [1.82, 2.24) is 14.4 Å². The lowest BCUT2D eigenvalue weighted by Crippen LogP contribution is -2.49. The first-order valence-corrected chi connectivity index (χ1v) is 11.4. The predicted octanol–water partition coefficient (Wildman–Crippen LogP) is 3.75. The smallest absolute Gasteiger partial charge is 0.254 e. The number of nitrogens with zero attached hydrogens (tertiary/aromatic N) is 3. The number of hydrogen-bond acceptors (Lipinski definition) is 5. The molecule has 0 spiro atoms. The summed E-state index contributed by atoms with van der Waals surface area (Å²) in [7, 11) is 3.13. The highest BCUT2D eigenvalue weighted by molar-refractivity contribution is 5.99. The van der Waals surface area contributed by atoms with Gasteiger partial charge in [0.1, 0.15) is 11.5 Å². The van der Waals surface area contributed by atoms with Crippen molar-refractivity contribution in [2.75, 3.05) is 46.9 Å². The Morgan fingerprint density at radius 2 is 1.47 bits per heavy atom. The lowest BCUT2D eigenvalue weighted by Gasteiger charge is -2.34. The van der Waals surface area contributed by atoms with Gasteiger partial charge in [-0.3, -0.25) is 14.5 Å². The van der Waals surface area contributed by atoms with E-state index >= 15 is 0 Å². The molecule has 1 saturated heterocycles. The van der Waals surface area contributed by atoms with Gasteiger partial charge < -0.3 is 18.9 Å². The fourth-order valence-corrected chi connectivity index (χ4v) is 4.53. The number of aryl methyl sites for hydroxylation is 1. The maximum Gasteiger partial charge on any atom is 0.254 e. The second kappa shape index (κ2) is 10.1. The number of Topliss-reactive ketones (excluding diaryl/α,β-unsaturated/α-hetero) is 1. The number of rotatable bonds is 7. The lowest BCUT2D eigenvalue weighted by atomic mass is 10.1.